The quantitative estimate of drug-likeness (QED) is 0.745. The number of hydrogen-bond donors (Lipinski definition) is 1. The van der Waals surface area contributed by atoms with Crippen LogP contribution >= 0.6 is 50.7 Å². The maximum absolute atomic E-state index is 10.3. The van der Waals surface area contributed by atoms with E-state index in [1.165, 1.54) is 0 Å². The molecule has 0 saturated carbocycles. The number of halogens is 4. The summed E-state index contributed by atoms with van der Waals surface area (Å²) in [5.41, 5.74) is 1.22. The summed E-state index contributed by atoms with van der Waals surface area (Å²) in [5.74, 6) is 0. The number of hydrogen-bond acceptors (Lipinski definition) is 1. The highest BCUT2D eigenvalue weighted by atomic mass is 79.9. The molecule has 1 N–H and O–H groups in total. The Kier molecular flexibility index (Phi) is 4.57. The van der Waals surface area contributed by atoms with Crippen LogP contribution in [0.3, 0.4) is 0 Å². The lowest BCUT2D eigenvalue weighted by Crippen LogP contribution is -2.00. The van der Waals surface area contributed by atoms with E-state index in [2.05, 4.69) is 15.9 Å². The second kappa shape index (κ2) is 5.81. The predicted molar refractivity (Wildman–Crippen MR) is 79.7 cm³/mol. The molecule has 0 heterocycles. The maximum atomic E-state index is 10.3. The van der Waals surface area contributed by atoms with Gasteiger partial charge in [-0.2, -0.15) is 0 Å². The molecule has 94 valence electrons. The Balaban J connectivity index is 2.44. The van der Waals surface area contributed by atoms with Crippen molar-refractivity contribution in [3.63, 3.8) is 0 Å². The molecule has 0 aliphatic carbocycles. The molecule has 5 heteroatoms. The molecule has 2 aromatic rings. The van der Waals surface area contributed by atoms with Gasteiger partial charge >= 0.3 is 0 Å². The molecule has 0 aromatic heterocycles. The van der Waals surface area contributed by atoms with Crippen LogP contribution in [0.4, 0.5) is 0 Å². The van der Waals surface area contributed by atoms with Crippen molar-refractivity contribution in [2.24, 2.45) is 0 Å². The highest BCUT2D eigenvalue weighted by Gasteiger charge is 2.16. The lowest BCUT2D eigenvalue weighted by molar-refractivity contribution is 0.220. The van der Waals surface area contributed by atoms with Gasteiger partial charge in [0.05, 0.1) is 15.1 Å². The van der Waals surface area contributed by atoms with Gasteiger partial charge in [0, 0.05) is 10.0 Å². The summed E-state index contributed by atoms with van der Waals surface area (Å²) in [7, 11) is 0. The molecule has 0 bridgehead atoms. The van der Waals surface area contributed by atoms with Crippen molar-refractivity contribution in [3.05, 3.63) is 67.1 Å². The van der Waals surface area contributed by atoms with E-state index in [1.807, 2.05) is 0 Å². The smallest absolute Gasteiger partial charge is 0.106 e. The van der Waals surface area contributed by atoms with Crippen molar-refractivity contribution < 1.29 is 5.11 Å². The second-order valence-electron chi connectivity index (χ2n) is 3.72. The van der Waals surface area contributed by atoms with Crippen LogP contribution < -0.4 is 0 Å². The number of rotatable bonds is 2. The topological polar surface area (TPSA) is 20.2 Å². The molecule has 0 saturated heterocycles. The average molecular weight is 366 g/mol. The molecule has 1 unspecified atom stereocenters. The van der Waals surface area contributed by atoms with Gasteiger partial charge in [0.2, 0.25) is 0 Å². The van der Waals surface area contributed by atoms with Crippen LogP contribution in [0.15, 0.2) is 40.9 Å². The van der Waals surface area contributed by atoms with Gasteiger partial charge in [0.15, 0.2) is 0 Å². The summed E-state index contributed by atoms with van der Waals surface area (Å²) in [4.78, 5) is 0. The van der Waals surface area contributed by atoms with E-state index < -0.39 is 6.10 Å². The highest BCUT2D eigenvalue weighted by molar-refractivity contribution is 9.10. The van der Waals surface area contributed by atoms with Crippen LogP contribution in [0.1, 0.15) is 17.2 Å². The minimum Gasteiger partial charge on any atom is -0.384 e. The molecule has 0 aliphatic heterocycles. The Morgan fingerprint density at radius 2 is 1.72 bits per heavy atom. The minimum absolute atomic E-state index is 0.353. The number of benzene rings is 2. The molecular weight excluding hydrogens is 358 g/mol. The van der Waals surface area contributed by atoms with Crippen molar-refractivity contribution >= 4 is 50.7 Å². The summed E-state index contributed by atoms with van der Waals surface area (Å²) >= 11 is 21.3. The average Bonchev–Trinajstić information content (AvgIpc) is 2.35. The first-order chi connectivity index (χ1) is 8.50. The molecule has 0 fully saturated rings. The van der Waals surface area contributed by atoms with E-state index in [0.717, 1.165) is 4.47 Å². The Bertz CT molecular complexity index is 586. The lowest BCUT2D eigenvalue weighted by Gasteiger charge is -2.14. The highest BCUT2D eigenvalue weighted by Crippen LogP contribution is 2.34. The Morgan fingerprint density at radius 3 is 2.39 bits per heavy atom. The van der Waals surface area contributed by atoms with Crippen molar-refractivity contribution in [2.45, 2.75) is 6.10 Å². The van der Waals surface area contributed by atoms with Gasteiger partial charge in [-0.15, -0.1) is 0 Å². The molecular formula is C13H8BrCl3O. The van der Waals surface area contributed by atoms with Gasteiger partial charge in [0.1, 0.15) is 6.10 Å². The molecule has 0 amide bonds. The fourth-order valence-electron chi connectivity index (χ4n) is 1.59. The van der Waals surface area contributed by atoms with Gasteiger partial charge in [-0.25, -0.2) is 0 Å². The Labute approximate surface area is 128 Å². The minimum atomic E-state index is -0.859. The lowest BCUT2D eigenvalue weighted by atomic mass is 10.0. The standard InChI is InChI=1S/C13H8BrCl3O/c14-9-5-4-7(6-11(9)16)13(18)8-2-1-3-10(15)12(8)17/h1-6,13,18H. The van der Waals surface area contributed by atoms with Crippen molar-refractivity contribution in [2.75, 3.05) is 0 Å². The van der Waals surface area contributed by atoms with Gasteiger partial charge < -0.3 is 5.11 Å². The fourth-order valence-corrected chi connectivity index (χ4v) is 2.44. The first-order valence-corrected chi connectivity index (χ1v) is 7.00. The zero-order chi connectivity index (χ0) is 13.3. The first kappa shape index (κ1) is 14.2. The number of aliphatic hydroxyl groups excluding tert-OH is 1. The predicted octanol–water partition coefficient (Wildman–Crippen LogP) is 5.49. The molecule has 1 nitrogen and oxygen atoms in total. The molecule has 18 heavy (non-hydrogen) atoms. The summed E-state index contributed by atoms with van der Waals surface area (Å²) in [6.07, 6.45) is -0.859. The molecule has 1 atom stereocenters. The van der Waals surface area contributed by atoms with Crippen molar-refractivity contribution in [1.82, 2.24) is 0 Å². The zero-order valence-electron chi connectivity index (χ0n) is 9.00. The van der Waals surface area contributed by atoms with Crippen LogP contribution in [-0.2, 0) is 0 Å². The first-order valence-electron chi connectivity index (χ1n) is 5.07. The van der Waals surface area contributed by atoms with Gasteiger partial charge in [-0.05, 0) is 39.7 Å². The third kappa shape index (κ3) is 2.84. The fraction of sp³-hybridized carbons (Fsp3) is 0.0769. The third-order valence-electron chi connectivity index (χ3n) is 2.54. The van der Waals surface area contributed by atoms with E-state index in [9.17, 15) is 5.11 Å². The maximum Gasteiger partial charge on any atom is 0.106 e. The van der Waals surface area contributed by atoms with E-state index in [4.69, 9.17) is 34.8 Å². The molecule has 0 radical (unpaired) electrons. The van der Waals surface area contributed by atoms with Gasteiger partial charge in [-0.1, -0.05) is 53.0 Å². The molecule has 2 rings (SSSR count). The van der Waals surface area contributed by atoms with E-state index >= 15 is 0 Å². The SMILES string of the molecule is OC(c1ccc(Br)c(Cl)c1)c1cccc(Cl)c1Cl. The van der Waals surface area contributed by atoms with Crippen LogP contribution in [0, 0.1) is 0 Å². The third-order valence-corrected chi connectivity index (χ3v) is 4.60. The van der Waals surface area contributed by atoms with Crippen LogP contribution in [0.2, 0.25) is 15.1 Å². The summed E-state index contributed by atoms with van der Waals surface area (Å²) in [6, 6.07) is 10.4. The van der Waals surface area contributed by atoms with Crippen molar-refractivity contribution in [3.8, 4) is 0 Å². The second-order valence-corrected chi connectivity index (χ2v) is 5.77. The largest absolute Gasteiger partial charge is 0.384 e. The van der Waals surface area contributed by atoms with Crippen LogP contribution in [0.25, 0.3) is 0 Å². The summed E-state index contributed by atoms with van der Waals surface area (Å²) < 4.78 is 0.775. The van der Waals surface area contributed by atoms with E-state index in [1.54, 1.807) is 36.4 Å². The Hall–Kier alpha value is -0.250. The van der Waals surface area contributed by atoms with Gasteiger partial charge in [0.25, 0.3) is 0 Å². The zero-order valence-corrected chi connectivity index (χ0v) is 12.9. The summed E-state index contributed by atoms with van der Waals surface area (Å²) in [6.45, 7) is 0. The summed E-state index contributed by atoms with van der Waals surface area (Å²) in [5, 5.41) is 11.6. The molecule has 0 spiro atoms. The van der Waals surface area contributed by atoms with Crippen LogP contribution in [0.5, 0.6) is 0 Å². The Morgan fingerprint density at radius 1 is 1.00 bits per heavy atom. The molecule has 2 aromatic carbocycles. The van der Waals surface area contributed by atoms with Crippen molar-refractivity contribution in [1.29, 1.82) is 0 Å². The number of aliphatic hydroxyl groups is 1. The van der Waals surface area contributed by atoms with Crippen LogP contribution in [-0.4, -0.2) is 5.11 Å². The monoisotopic (exact) mass is 364 g/mol. The van der Waals surface area contributed by atoms with E-state index in [0.29, 0.717) is 26.2 Å². The van der Waals surface area contributed by atoms with Gasteiger partial charge in [-0.3, -0.25) is 0 Å². The molecule has 0 aliphatic rings. The normalized spacial score (nSPS) is 12.5. The van der Waals surface area contributed by atoms with E-state index in [-0.39, 0.29) is 0 Å².